The van der Waals surface area contributed by atoms with Gasteiger partial charge in [-0.1, -0.05) is 44.4 Å². The number of carbonyl (C=O) groups excluding carboxylic acids is 2. The summed E-state index contributed by atoms with van der Waals surface area (Å²) in [4.78, 5) is 26.4. The van der Waals surface area contributed by atoms with Crippen LogP contribution in [0.4, 0.5) is 10.1 Å². The zero-order chi connectivity index (χ0) is 21.7. The second-order valence-corrected chi connectivity index (χ2v) is 7.35. The van der Waals surface area contributed by atoms with E-state index in [9.17, 15) is 19.1 Å². The van der Waals surface area contributed by atoms with Crippen LogP contribution in [-0.2, 0) is 9.59 Å². The van der Waals surface area contributed by atoms with Crippen molar-refractivity contribution in [2.75, 3.05) is 11.5 Å². The molecule has 2 aromatic rings. The van der Waals surface area contributed by atoms with E-state index in [4.69, 9.17) is 4.74 Å². The van der Waals surface area contributed by atoms with E-state index in [1.165, 1.54) is 36.1 Å². The predicted octanol–water partition coefficient (Wildman–Crippen LogP) is 5.27. The average molecular weight is 411 g/mol. The van der Waals surface area contributed by atoms with Crippen LogP contribution in [0.1, 0.15) is 51.1 Å². The van der Waals surface area contributed by atoms with Gasteiger partial charge in [0.1, 0.15) is 11.6 Å². The van der Waals surface area contributed by atoms with E-state index >= 15 is 0 Å². The van der Waals surface area contributed by atoms with Crippen molar-refractivity contribution < 1.29 is 23.8 Å². The Morgan fingerprint density at radius 3 is 2.53 bits per heavy atom. The van der Waals surface area contributed by atoms with Crippen LogP contribution < -0.4 is 9.64 Å². The van der Waals surface area contributed by atoms with Crippen molar-refractivity contribution in [1.82, 2.24) is 0 Å². The van der Waals surface area contributed by atoms with Crippen molar-refractivity contribution in [2.24, 2.45) is 0 Å². The number of nitrogens with zero attached hydrogens (tertiary/aromatic N) is 1. The molecule has 0 bridgehead atoms. The highest BCUT2D eigenvalue weighted by molar-refractivity contribution is 6.16. The normalized spacial score (nSPS) is 16.3. The first-order valence-electron chi connectivity index (χ1n) is 10.2. The summed E-state index contributed by atoms with van der Waals surface area (Å²) in [6.07, 6.45) is 4.33. The molecule has 1 aliphatic heterocycles. The molecule has 1 aliphatic rings. The van der Waals surface area contributed by atoms with Crippen LogP contribution in [0.5, 0.6) is 5.75 Å². The van der Waals surface area contributed by atoms with Crippen LogP contribution in [0, 0.1) is 5.82 Å². The lowest BCUT2D eigenvalue weighted by molar-refractivity contribution is -0.117. The van der Waals surface area contributed by atoms with E-state index < -0.39 is 29.3 Å². The molecule has 5 nitrogen and oxygen atoms in total. The van der Waals surface area contributed by atoms with E-state index in [-0.39, 0.29) is 5.57 Å². The van der Waals surface area contributed by atoms with Gasteiger partial charge in [-0.25, -0.2) is 4.39 Å². The fraction of sp³-hybridized carbons (Fsp3) is 0.333. The number of rotatable bonds is 9. The maximum atomic E-state index is 13.4. The first kappa shape index (κ1) is 21.6. The SMILES string of the molecule is CCCCCCOc1cccc(N2C(=O)C(O)=C(C(C)=O)[C@H]2c2ccc(F)cc2)c1. The molecule has 1 heterocycles. The Bertz CT molecular complexity index is 952. The summed E-state index contributed by atoms with van der Waals surface area (Å²) in [6.45, 7) is 4.02. The fourth-order valence-corrected chi connectivity index (χ4v) is 3.63. The molecule has 6 heteroatoms. The van der Waals surface area contributed by atoms with E-state index in [1.54, 1.807) is 24.3 Å². The zero-order valence-electron chi connectivity index (χ0n) is 17.2. The Labute approximate surface area is 175 Å². The molecule has 0 saturated carbocycles. The lowest BCUT2D eigenvalue weighted by Gasteiger charge is -2.27. The number of aliphatic hydroxyl groups excluding tert-OH is 1. The summed E-state index contributed by atoms with van der Waals surface area (Å²) in [5.41, 5.74) is 1.02. The standard InChI is InChI=1S/C24H26FNO4/c1-3-4-5-6-14-30-20-9-7-8-19(15-20)26-22(17-10-12-18(25)13-11-17)21(16(2)27)23(28)24(26)29/h7-13,15,22,28H,3-6,14H2,1-2H3/t22-/m1/s1. The topological polar surface area (TPSA) is 66.8 Å². The van der Waals surface area contributed by atoms with E-state index in [1.807, 2.05) is 0 Å². The maximum Gasteiger partial charge on any atom is 0.294 e. The molecule has 0 fully saturated rings. The molecule has 1 amide bonds. The van der Waals surface area contributed by atoms with Gasteiger partial charge >= 0.3 is 0 Å². The number of ketones is 1. The average Bonchev–Trinajstić information content (AvgIpc) is 3.00. The highest BCUT2D eigenvalue weighted by atomic mass is 19.1. The predicted molar refractivity (Wildman–Crippen MR) is 113 cm³/mol. The maximum absolute atomic E-state index is 13.4. The third-order valence-electron chi connectivity index (χ3n) is 5.14. The van der Waals surface area contributed by atoms with Crippen LogP contribution in [-0.4, -0.2) is 23.4 Å². The van der Waals surface area contributed by atoms with Crippen molar-refractivity contribution in [3.63, 3.8) is 0 Å². The lowest BCUT2D eigenvalue weighted by Crippen LogP contribution is -2.30. The van der Waals surface area contributed by atoms with Crippen molar-refractivity contribution in [3.05, 3.63) is 71.2 Å². The van der Waals surface area contributed by atoms with Crippen molar-refractivity contribution in [3.8, 4) is 5.75 Å². The molecule has 1 N–H and O–H groups in total. The zero-order valence-corrected chi connectivity index (χ0v) is 17.2. The largest absolute Gasteiger partial charge is 0.503 e. The van der Waals surface area contributed by atoms with Crippen molar-refractivity contribution in [2.45, 2.75) is 45.6 Å². The highest BCUT2D eigenvalue weighted by Gasteiger charge is 2.43. The number of amides is 1. The minimum atomic E-state index is -0.838. The van der Waals surface area contributed by atoms with Gasteiger partial charge < -0.3 is 9.84 Å². The molecule has 3 rings (SSSR count). The van der Waals surface area contributed by atoms with Gasteiger partial charge in [-0.3, -0.25) is 14.5 Å². The molecule has 2 aromatic carbocycles. The van der Waals surface area contributed by atoms with Gasteiger partial charge in [0.2, 0.25) is 0 Å². The summed E-state index contributed by atoms with van der Waals surface area (Å²) in [5.74, 6) is -1.49. The molecular weight excluding hydrogens is 385 g/mol. The van der Waals surface area contributed by atoms with Gasteiger partial charge in [0, 0.05) is 11.8 Å². The first-order chi connectivity index (χ1) is 14.4. The van der Waals surface area contributed by atoms with E-state index in [0.717, 1.165) is 25.7 Å². The number of benzene rings is 2. The molecule has 30 heavy (non-hydrogen) atoms. The first-order valence-corrected chi connectivity index (χ1v) is 10.2. The minimum Gasteiger partial charge on any atom is -0.503 e. The second-order valence-electron chi connectivity index (χ2n) is 7.35. The number of halogens is 1. The van der Waals surface area contributed by atoms with Gasteiger partial charge in [-0.2, -0.15) is 0 Å². The van der Waals surface area contributed by atoms with Crippen LogP contribution in [0.25, 0.3) is 0 Å². The Morgan fingerprint density at radius 2 is 1.87 bits per heavy atom. The van der Waals surface area contributed by atoms with Gasteiger partial charge in [-0.05, 0) is 43.2 Å². The molecule has 0 spiro atoms. The third-order valence-corrected chi connectivity index (χ3v) is 5.14. The molecule has 1 atom stereocenters. The molecule has 0 aliphatic carbocycles. The number of aliphatic hydroxyl groups is 1. The second kappa shape index (κ2) is 9.57. The Morgan fingerprint density at radius 1 is 1.13 bits per heavy atom. The van der Waals surface area contributed by atoms with Crippen LogP contribution >= 0.6 is 0 Å². The van der Waals surface area contributed by atoms with Crippen molar-refractivity contribution in [1.29, 1.82) is 0 Å². The number of unbranched alkanes of at least 4 members (excludes halogenated alkanes) is 3. The molecule has 158 valence electrons. The van der Waals surface area contributed by atoms with Gasteiger partial charge in [0.05, 0.1) is 18.2 Å². The number of ether oxygens (including phenoxy) is 1. The van der Waals surface area contributed by atoms with Crippen LogP contribution in [0.2, 0.25) is 0 Å². The number of hydrogen-bond donors (Lipinski definition) is 1. The highest BCUT2D eigenvalue weighted by Crippen LogP contribution is 2.41. The van der Waals surface area contributed by atoms with Gasteiger partial charge in [0.15, 0.2) is 11.5 Å². The Hall–Kier alpha value is -3.15. The molecule has 0 unspecified atom stereocenters. The summed E-state index contributed by atoms with van der Waals surface area (Å²) in [5, 5.41) is 10.4. The number of carbonyl (C=O) groups is 2. The Kier molecular flexibility index (Phi) is 6.87. The fourth-order valence-electron chi connectivity index (χ4n) is 3.63. The van der Waals surface area contributed by atoms with Gasteiger partial charge in [0.25, 0.3) is 5.91 Å². The monoisotopic (exact) mass is 411 g/mol. The number of anilines is 1. The smallest absolute Gasteiger partial charge is 0.294 e. The molecular formula is C24H26FNO4. The van der Waals surface area contributed by atoms with Gasteiger partial charge in [-0.15, -0.1) is 0 Å². The van der Waals surface area contributed by atoms with E-state index in [0.29, 0.717) is 23.6 Å². The minimum absolute atomic E-state index is 0.00232. The summed E-state index contributed by atoms with van der Waals surface area (Å²) in [6, 6.07) is 11.7. The number of Topliss-reactive ketones (excluding diaryl/α,β-unsaturated/α-hetero) is 1. The summed E-state index contributed by atoms with van der Waals surface area (Å²) in [7, 11) is 0. The lowest BCUT2D eigenvalue weighted by atomic mass is 9.96. The van der Waals surface area contributed by atoms with E-state index in [2.05, 4.69) is 6.92 Å². The molecule has 0 saturated heterocycles. The molecule has 0 radical (unpaired) electrons. The van der Waals surface area contributed by atoms with Crippen LogP contribution in [0.3, 0.4) is 0 Å². The third kappa shape index (κ3) is 4.53. The Balaban J connectivity index is 1.91. The quantitative estimate of drug-likeness (QED) is 0.571. The molecule has 0 aromatic heterocycles. The summed E-state index contributed by atoms with van der Waals surface area (Å²) < 4.78 is 19.2. The summed E-state index contributed by atoms with van der Waals surface area (Å²) >= 11 is 0. The number of hydrogen-bond acceptors (Lipinski definition) is 4. The van der Waals surface area contributed by atoms with Crippen molar-refractivity contribution >= 4 is 17.4 Å². The van der Waals surface area contributed by atoms with Crippen LogP contribution in [0.15, 0.2) is 59.9 Å².